The van der Waals surface area contributed by atoms with Crippen LogP contribution in [-0.4, -0.2) is 24.3 Å². The largest absolute Gasteiger partial charge is 0.393 e. The normalized spacial score (nSPS) is 28.3. The van der Waals surface area contributed by atoms with E-state index in [1.165, 1.54) is 6.42 Å². The van der Waals surface area contributed by atoms with Gasteiger partial charge in [0.1, 0.15) is 0 Å². The number of rotatable bonds is 4. The number of nitrogens with zero attached hydrogens (tertiary/aromatic N) is 1. The first-order valence-electron chi connectivity index (χ1n) is 5.08. The highest BCUT2D eigenvalue weighted by Gasteiger charge is 2.19. The van der Waals surface area contributed by atoms with Crippen LogP contribution in [0.3, 0.4) is 0 Å². The number of hydrogen-bond donors (Lipinski definition) is 2. The van der Waals surface area contributed by atoms with E-state index in [1.807, 2.05) is 0 Å². The van der Waals surface area contributed by atoms with Gasteiger partial charge in [-0.15, -0.1) is 0 Å². The minimum Gasteiger partial charge on any atom is -0.393 e. The molecule has 1 rings (SSSR count). The van der Waals surface area contributed by atoms with E-state index in [0.29, 0.717) is 12.3 Å². The van der Waals surface area contributed by atoms with Crippen molar-refractivity contribution in [2.24, 2.45) is 5.92 Å². The van der Waals surface area contributed by atoms with Gasteiger partial charge in [0.05, 0.1) is 12.2 Å². The van der Waals surface area contributed by atoms with Gasteiger partial charge in [-0.3, -0.25) is 0 Å². The molecule has 2 atom stereocenters. The highest BCUT2D eigenvalue weighted by atomic mass is 16.3. The molecule has 0 spiro atoms. The molecule has 1 saturated carbocycles. The zero-order chi connectivity index (χ0) is 9.52. The summed E-state index contributed by atoms with van der Waals surface area (Å²) in [4.78, 5) is 0. The second kappa shape index (κ2) is 5.95. The van der Waals surface area contributed by atoms with Gasteiger partial charge in [0.15, 0.2) is 0 Å². The molecule has 0 aromatic heterocycles. The Labute approximate surface area is 79.8 Å². The molecule has 2 N–H and O–H groups in total. The summed E-state index contributed by atoms with van der Waals surface area (Å²) in [5, 5.41) is 21.0. The molecule has 0 heterocycles. The van der Waals surface area contributed by atoms with E-state index in [1.54, 1.807) is 0 Å². The lowest BCUT2D eigenvalue weighted by molar-refractivity contribution is 0.101. The third-order valence-electron chi connectivity index (χ3n) is 2.60. The van der Waals surface area contributed by atoms with Crippen LogP contribution in [0.25, 0.3) is 0 Å². The molecular formula is C10H18N2O. The van der Waals surface area contributed by atoms with E-state index < -0.39 is 0 Å². The standard InChI is InChI=1S/C10H18N2O/c11-5-2-6-12-8-9-3-1-4-10(13)7-9/h9-10,12-13H,1-4,6-8H2. The predicted molar refractivity (Wildman–Crippen MR) is 51.1 cm³/mol. The van der Waals surface area contributed by atoms with Crippen molar-refractivity contribution in [3.8, 4) is 6.07 Å². The Morgan fingerprint density at radius 2 is 2.31 bits per heavy atom. The molecule has 3 heteroatoms. The number of hydrogen-bond acceptors (Lipinski definition) is 3. The molecule has 3 nitrogen and oxygen atoms in total. The van der Waals surface area contributed by atoms with Gasteiger partial charge in [-0.2, -0.15) is 5.26 Å². The molecule has 0 bridgehead atoms. The summed E-state index contributed by atoms with van der Waals surface area (Å²) < 4.78 is 0. The molecular weight excluding hydrogens is 164 g/mol. The second-order valence-electron chi connectivity index (χ2n) is 3.80. The summed E-state index contributed by atoms with van der Waals surface area (Å²) in [7, 11) is 0. The molecule has 0 saturated heterocycles. The fourth-order valence-electron chi connectivity index (χ4n) is 1.90. The van der Waals surface area contributed by atoms with Crippen molar-refractivity contribution in [3.63, 3.8) is 0 Å². The Kier molecular flexibility index (Phi) is 4.81. The molecule has 0 aliphatic heterocycles. The van der Waals surface area contributed by atoms with Crippen molar-refractivity contribution in [2.45, 2.75) is 38.2 Å². The predicted octanol–water partition coefficient (Wildman–Crippen LogP) is 1.04. The summed E-state index contributed by atoms with van der Waals surface area (Å²) in [6.45, 7) is 1.74. The third kappa shape index (κ3) is 4.25. The number of aliphatic hydroxyl groups is 1. The maximum absolute atomic E-state index is 9.40. The minimum atomic E-state index is -0.0866. The fourth-order valence-corrected chi connectivity index (χ4v) is 1.90. The molecule has 2 unspecified atom stereocenters. The number of nitriles is 1. The van der Waals surface area contributed by atoms with Gasteiger partial charge in [0.2, 0.25) is 0 Å². The molecule has 0 amide bonds. The lowest BCUT2D eigenvalue weighted by Crippen LogP contribution is -2.29. The van der Waals surface area contributed by atoms with Crippen LogP contribution in [0.1, 0.15) is 32.1 Å². The number of aliphatic hydroxyl groups excluding tert-OH is 1. The van der Waals surface area contributed by atoms with Crippen LogP contribution in [0.5, 0.6) is 0 Å². The van der Waals surface area contributed by atoms with Crippen LogP contribution in [0.2, 0.25) is 0 Å². The average molecular weight is 182 g/mol. The molecule has 1 aliphatic rings. The Bertz CT molecular complexity index is 176. The topological polar surface area (TPSA) is 56.0 Å². The SMILES string of the molecule is N#CCCNCC1CCCC(O)C1. The highest BCUT2D eigenvalue weighted by molar-refractivity contribution is 4.75. The van der Waals surface area contributed by atoms with Gasteiger partial charge in [0, 0.05) is 13.0 Å². The molecule has 0 radical (unpaired) electrons. The van der Waals surface area contributed by atoms with E-state index in [0.717, 1.165) is 32.4 Å². The van der Waals surface area contributed by atoms with E-state index in [2.05, 4.69) is 11.4 Å². The Morgan fingerprint density at radius 1 is 1.46 bits per heavy atom. The average Bonchev–Trinajstić information content (AvgIpc) is 2.13. The molecule has 74 valence electrons. The smallest absolute Gasteiger partial charge is 0.0635 e. The summed E-state index contributed by atoms with van der Waals surface area (Å²) in [6, 6.07) is 2.10. The zero-order valence-corrected chi connectivity index (χ0v) is 8.00. The van der Waals surface area contributed by atoms with Crippen LogP contribution < -0.4 is 5.32 Å². The van der Waals surface area contributed by atoms with E-state index in [9.17, 15) is 5.11 Å². The lowest BCUT2D eigenvalue weighted by atomic mass is 9.87. The van der Waals surface area contributed by atoms with Crippen molar-refractivity contribution < 1.29 is 5.11 Å². The summed E-state index contributed by atoms with van der Waals surface area (Å²) >= 11 is 0. The summed E-state index contributed by atoms with van der Waals surface area (Å²) in [6.07, 6.45) is 4.75. The summed E-state index contributed by atoms with van der Waals surface area (Å²) in [5.74, 6) is 0.613. The molecule has 13 heavy (non-hydrogen) atoms. The van der Waals surface area contributed by atoms with Gasteiger partial charge in [-0.05, 0) is 31.7 Å². The van der Waals surface area contributed by atoms with Gasteiger partial charge in [-0.25, -0.2) is 0 Å². The lowest BCUT2D eigenvalue weighted by Gasteiger charge is -2.25. The van der Waals surface area contributed by atoms with E-state index in [4.69, 9.17) is 5.26 Å². The highest BCUT2D eigenvalue weighted by Crippen LogP contribution is 2.23. The van der Waals surface area contributed by atoms with Crippen molar-refractivity contribution in [3.05, 3.63) is 0 Å². The zero-order valence-electron chi connectivity index (χ0n) is 8.00. The van der Waals surface area contributed by atoms with Crippen LogP contribution in [0.4, 0.5) is 0 Å². The summed E-state index contributed by atoms with van der Waals surface area (Å²) in [5.41, 5.74) is 0. The Balaban J connectivity index is 2.04. The maximum atomic E-state index is 9.40. The maximum Gasteiger partial charge on any atom is 0.0635 e. The first kappa shape index (κ1) is 10.5. The van der Waals surface area contributed by atoms with Gasteiger partial charge >= 0.3 is 0 Å². The molecule has 0 aromatic carbocycles. The van der Waals surface area contributed by atoms with Gasteiger partial charge in [-0.1, -0.05) is 6.42 Å². The van der Waals surface area contributed by atoms with Gasteiger partial charge in [0.25, 0.3) is 0 Å². The van der Waals surface area contributed by atoms with Crippen LogP contribution in [0.15, 0.2) is 0 Å². The number of nitrogens with one attached hydrogen (secondary N) is 1. The molecule has 1 aliphatic carbocycles. The first-order valence-corrected chi connectivity index (χ1v) is 5.08. The van der Waals surface area contributed by atoms with E-state index in [-0.39, 0.29) is 6.10 Å². The Hall–Kier alpha value is -0.590. The molecule has 0 aromatic rings. The second-order valence-corrected chi connectivity index (χ2v) is 3.80. The minimum absolute atomic E-state index is 0.0866. The van der Waals surface area contributed by atoms with Gasteiger partial charge < -0.3 is 10.4 Å². The van der Waals surface area contributed by atoms with Crippen LogP contribution in [-0.2, 0) is 0 Å². The molecule has 1 fully saturated rings. The quantitative estimate of drug-likeness (QED) is 0.639. The van der Waals surface area contributed by atoms with Crippen LogP contribution in [0, 0.1) is 17.2 Å². The Morgan fingerprint density at radius 3 is 3.00 bits per heavy atom. The first-order chi connectivity index (χ1) is 6.33. The van der Waals surface area contributed by atoms with E-state index >= 15 is 0 Å². The van der Waals surface area contributed by atoms with Crippen molar-refractivity contribution >= 4 is 0 Å². The fraction of sp³-hybridized carbons (Fsp3) is 0.900. The van der Waals surface area contributed by atoms with Crippen molar-refractivity contribution in [1.82, 2.24) is 5.32 Å². The van der Waals surface area contributed by atoms with Crippen molar-refractivity contribution in [1.29, 1.82) is 5.26 Å². The van der Waals surface area contributed by atoms with Crippen LogP contribution >= 0.6 is 0 Å². The third-order valence-corrected chi connectivity index (χ3v) is 2.60. The van der Waals surface area contributed by atoms with Crippen molar-refractivity contribution in [2.75, 3.05) is 13.1 Å². The monoisotopic (exact) mass is 182 g/mol.